The van der Waals surface area contributed by atoms with Crippen LogP contribution in [-0.4, -0.2) is 31.6 Å². The van der Waals surface area contributed by atoms with Crippen molar-refractivity contribution in [1.29, 1.82) is 0 Å². The van der Waals surface area contributed by atoms with Gasteiger partial charge in [-0.05, 0) is 33.0 Å². The number of nitrogens with zero attached hydrogens (tertiary/aromatic N) is 1. The van der Waals surface area contributed by atoms with Crippen molar-refractivity contribution in [2.24, 2.45) is 0 Å². The molecule has 1 aromatic rings. The van der Waals surface area contributed by atoms with Crippen LogP contribution in [0.1, 0.15) is 31.4 Å². The zero-order chi connectivity index (χ0) is 13.5. The Bertz CT molecular complexity index is 395. The van der Waals surface area contributed by atoms with Crippen LogP contribution in [0.4, 0.5) is 4.39 Å². The first-order valence-corrected chi connectivity index (χ1v) is 6.07. The lowest BCUT2D eigenvalue weighted by atomic mass is 10.1. The number of halogens is 1. The number of carbonyl (C=O) groups excluding carboxylic acids is 1. The van der Waals surface area contributed by atoms with Crippen molar-refractivity contribution in [3.8, 4) is 0 Å². The molecule has 1 atom stereocenters. The molecule has 0 N–H and O–H groups in total. The topological polar surface area (TPSA) is 29.5 Å². The lowest BCUT2D eigenvalue weighted by Gasteiger charge is -2.25. The first-order chi connectivity index (χ1) is 8.56. The van der Waals surface area contributed by atoms with Crippen LogP contribution in [-0.2, 0) is 9.53 Å². The molecule has 18 heavy (non-hydrogen) atoms. The van der Waals surface area contributed by atoms with E-state index in [-0.39, 0.29) is 17.8 Å². The summed E-state index contributed by atoms with van der Waals surface area (Å²) in [6.45, 7) is 2.68. The Hall–Kier alpha value is -1.42. The van der Waals surface area contributed by atoms with Crippen molar-refractivity contribution in [2.75, 3.05) is 20.7 Å². The van der Waals surface area contributed by atoms with Crippen molar-refractivity contribution in [1.82, 2.24) is 4.90 Å². The van der Waals surface area contributed by atoms with E-state index in [1.807, 2.05) is 24.9 Å². The monoisotopic (exact) mass is 253 g/mol. The summed E-state index contributed by atoms with van der Waals surface area (Å²) in [6, 6.07) is 6.76. The highest BCUT2D eigenvalue weighted by Crippen LogP contribution is 2.21. The van der Waals surface area contributed by atoms with E-state index in [9.17, 15) is 9.18 Å². The van der Waals surface area contributed by atoms with Crippen LogP contribution < -0.4 is 0 Å². The zero-order valence-corrected chi connectivity index (χ0v) is 11.1. The van der Waals surface area contributed by atoms with Crippen molar-refractivity contribution >= 4 is 5.97 Å². The summed E-state index contributed by atoms with van der Waals surface area (Å²) in [5.74, 6) is -0.397. The molecule has 0 aliphatic heterocycles. The molecule has 1 aromatic carbocycles. The molecule has 0 bridgehead atoms. The molecular weight excluding hydrogens is 233 g/mol. The van der Waals surface area contributed by atoms with Crippen molar-refractivity contribution in [2.45, 2.75) is 25.8 Å². The average Bonchev–Trinajstić information content (AvgIpc) is 2.38. The maximum Gasteiger partial charge on any atom is 0.305 e. The molecule has 0 aliphatic rings. The Balaban J connectivity index is 2.49. The molecule has 1 rings (SSSR count). The summed E-state index contributed by atoms with van der Waals surface area (Å²) in [5.41, 5.74) is 0.679. The van der Waals surface area contributed by atoms with E-state index in [0.29, 0.717) is 18.4 Å². The van der Waals surface area contributed by atoms with E-state index >= 15 is 0 Å². The molecule has 4 heteroatoms. The lowest BCUT2D eigenvalue weighted by Crippen LogP contribution is -2.24. The van der Waals surface area contributed by atoms with Crippen LogP contribution in [0, 0.1) is 5.82 Å². The number of ether oxygens (including phenoxy) is 1. The minimum Gasteiger partial charge on any atom is -0.469 e. The van der Waals surface area contributed by atoms with E-state index in [4.69, 9.17) is 0 Å². The van der Waals surface area contributed by atoms with E-state index in [0.717, 1.165) is 6.54 Å². The Morgan fingerprint density at radius 3 is 2.72 bits per heavy atom. The molecular formula is C14H20FNO2. The third-order valence-electron chi connectivity index (χ3n) is 3.14. The van der Waals surface area contributed by atoms with Gasteiger partial charge in [0.1, 0.15) is 5.82 Å². The van der Waals surface area contributed by atoms with Crippen molar-refractivity contribution in [3.63, 3.8) is 0 Å². The standard InChI is InChI=1S/C14H20FNO2/c1-11(12-7-4-5-8-13(12)15)16(2)10-6-9-14(17)18-3/h4-5,7-8,11H,6,9-10H2,1-3H3/t11-/m0/s1. The first-order valence-electron chi connectivity index (χ1n) is 6.07. The fourth-order valence-corrected chi connectivity index (χ4v) is 1.82. The third kappa shape index (κ3) is 4.11. The average molecular weight is 253 g/mol. The highest BCUT2D eigenvalue weighted by molar-refractivity contribution is 5.69. The minimum atomic E-state index is -0.207. The molecule has 0 unspecified atom stereocenters. The van der Waals surface area contributed by atoms with Gasteiger partial charge in [0.2, 0.25) is 0 Å². The molecule has 0 spiro atoms. The highest BCUT2D eigenvalue weighted by atomic mass is 19.1. The number of carbonyl (C=O) groups is 1. The second-order valence-corrected chi connectivity index (χ2v) is 4.36. The maximum absolute atomic E-state index is 13.6. The van der Waals surface area contributed by atoms with E-state index in [1.165, 1.54) is 13.2 Å². The number of esters is 1. The van der Waals surface area contributed by atoms with Gasteiger partial charge < -0.3 is 4.74 Å². The van der Waals surface area contributed by atoms with Gasteiger partial charge in [-0.25, -0.2) is 4.39 Å². The van der Waals surface area contributed by atoms with Gasteiger partial charge in [0.15, 0.2) is 0 Å². The van der Waals surface area contributed by atoms with Crippen LogP contribution in [0.3, 0.4) is 0 Å². The van der Waals surface area contributed by atoms with E-state index in [2.05, 4.69) is 4.74 Å². The maximum atomic E-state index is 13.6. The largest absolute Gasteiger partial charge is 0.469 e. The number of hydrogen-bond acceptors (Lipinski definition) is 3. The van der Waals surface area contributed by atoms with Gasteiger partial charge in [-0.2, -0.15) is 0 Å². The molecule has 3 nitrogen and oxygen atoms in total. The Morgan fingerprint density at radius 2 is 2.11 bits per heavy atom. The van der Waals surface area contributed by atoms with Gasteiger partial charge in [-0.3, -0.25) is 9.69 Å². The molecule has 0 amide bonds. The van der Waals surface area contributed by atoms with E-state index < -0.39 is 0 Å². The van der Waals surface area contributed by atoms with Gasteiger partial charge in [0.05, 0.1) is 7.11 Å². The Labute approximate surface area is 108 Å². The van der Waals surface area contributed by atoms with E-state index in [1.54, 1.807) is 12.1 Å². The molecule has 0 saturated heterocycles. The second-order valence-electron chi connectivity index (χ2n) is 4.36. The number of benzene rings is 1. The summed E-state index contributed by atoms with van der Waals surface area (Å²) in [4.78, 5) is 13.0. The minimum absolute atomic E-state index is 0.0103. The molecule has 100 valence electrons. The van der Waals surface area contributed by atoms with Crippen LogP contribution in [0.2, 0.25) is 0 Å². The van der Waals surface area contributed by atoms with Gasteiger partial charge in [0, 0.05) is 18.0 Å². The molecule has 0 heterocycles. The summed E-state index contributed by atoms with van der Waals surface area (Å²) >= 11 is 0. The predicted octanol–water partition coefficient (Wildman–Crippen LogP) is 2.77. The highest BCUT2D eigenvalue weighted by Gasteiger charge is 2.15. The Morgan fingerprint density at radius 1 is 1.44 bits per heavy atom. The van der Waals surface area contributed by atoms with Gasteiger partial charge in [-0.1, -0.05) is 18.2 Å². The van der Waals surface area contributed by atoms with Crippen molar-refractivity contribution < 1.29 is 13.9 Å². The second kappa shape index (κ2) is 7.11. The van der Waals surface area contributed by atoms with Crippen LogP contribution in [0.5, 0.6) is 0 Å². The molecule has 0 aromatic heterocycles. The fourth-order valence-electron chi connectivity index (χ4n) is 1.82. The predicted molar refractivity (Wildman–Crippen MR) is 68.7 cm³/mol. The number of rotatable bonds is 6. The molecule has 0 aliphatic carbocycles. The molecule has 0 radical (unpaired) electrons. The number of hydrogen-bond donors (Lipinski definition) is 0. The van der Waals surface area contributed by atoms with Crippen molar-refractivity contribution in [3.05, 3.63) is 35.6 Å². The van der Waals surface area contributed by atoms with Gasteiger partial charge >= 0.3 is 5.97 Å². The zero-order valence-electron chi connectivity index (χ0n) is 11.1. The first kappa shape index (κ1) is 14.6. The lowest BCUT2D eigenvalue weighted by molar-refractivity contribution is -0.140. The molecule has 0 fully saturated rings. The summed E-state index contributed by atoms with van der Waals surface area (Å²) in [7, 11) is 3.31. The van der Waals surface area contributed by atoms with Gasteiger partial charge in [-0.15, -0.1) is 0 Å². The fraction of sp³-hybridized carbons (Fsp3) is 0.500. The molecule has 0 saturated carbocycles. The smallest absolute Gasteiger partial charge is 0.305 e. The van der Waals surface area contributed by atoms with Gasteiger partial charge in [0.25, 0.3) is 0 Å². The third-order valence-corrected chi connectivity index (χ3v) is 3.14. The van der Waals surface area contributed by atoms with Crippen LogP contribution in [0.25, 0.3) is 0 Å². The summed E-state index contributed by atoms with van der Waals surface area (Å²) < 4.78 is 18.2. The van der Waals surface area contributed by atoms with Crippen LogP contribution in [0.15, 0.2) is 24.3 Å². The normalized spacial score (nSPS) is 12.5. The SMILES string of the molecule is COC(=O)CCCN(C)[C@@H](C)c1ccccc1F. The number of methoxy groups -OCH3 is 1. The summed E-state index contributed by atoms with van der Waals surface area (Å²) in [5, 5.41) is 0. The quantitative estimate of drug-likeness (QED) is 0.730. The van der Waals surface area contributed by atoms with Crippen LogP contribution >= 0.6 is 0 Å². The Kier molecular flexibility index (Phi) is 5.78. The summed E-state index contributed by atoms with van der Waals surface area (Å²) in [6.07, 6.45) is 1.10.